The first-order chi connectivity index (χ1) is 13.5. The smallest absolute Gasteiger partial charge is 0.313 e. The van der Waals surface area contributed by atoms with Crippen LogP contribution < -0.4 is 4.74 Å². The van der Waals surface area contributed by atoms with Gasteiger partial charge < -0.3 is 4.74 Å². The molecule has 1 aliphatic heterocycles. The van der Waals surface area contributed by atoms with Crippen molar-refractivity contribution in [2.24, 2.45) is 0 Å². The number of nitrogens with zero attached hydrogens (tertiary/aromatic N) is 1. The third-order valence-corrected chi connectivity index (χ3v) is 5.26. The second-order valence-corrected chi connectivity index (χ2v) is 7.04. The molecule has 6 nitrogen and oxygen atoms in total. The van der Waals surface area contributed by atoms with E-state index in [4.69, 9.17) is 4.74 Å². The van der Waals surface area contributed by atoms with Crippen molar-refractivity contribution in [2.75, 3.05) is 6.54 Å². The van der Waals surface area contributed by atoms with Gasteiger partial charge in [0, 0.05) is 13.0 Å². The van der Waals surface area contributed by atoms with Gasteiger partial charge >= 0.3 is 5.97 Å². The molecule has 0 unspecified atom stereocenters. The number of carbonyl (C=O) groups excluding carboxylic acids is 4. The number of Topliss-reactive ketones (excluding diaryl/α,β-unsaturated/α-hetero) is 1. The maximum absolute atomic E-state index is 12.4. The number of carbonyl (C=O) groups is 4. The Morgan fingerprint density at radius 2 is 1.68 bits per heavy atom. The van der Waals surface area contributed by atoms with Gasteiger partial charge in [0.05, 0.1) is 23.1 Å². The molecule has 0 radical (unpaired) electrons. The molecule has 0 atom stereocenters. The molecule has 0 saturated carbocycles. The van der Waals surface area contributed by atoms with E-state index < -0.39 is 17.8 Å². The molecule has 28 heavy (non-hydrogen) atoms. The van der Waals surface area contributed by atoms with Gasteiger partial charge in [-0.2, -0.15) is 0 Å². The largest absolute Gasteiger partial charge is 0.426 e. The molecule has 4 rings (SSSR count). The van der Waals surface area contributed by atoms with Crippen LogP contribution in [0.2, 0.25) is 0 Å². The molecule has 2 amide bonds. The Morgan fingerprint density at radius 1 is 1.00 bits per heavy atom. The van der Waals surface area contributed by atoms with Gasteiger partial charge in [-0.05, 0) is 49.1 Å². The van der Waals surface area contributed by atoms with E-state index >= 15 is 0 Å². The highest BCUT2D eigenvalue weighted by atomic mass is 16.5. The van der Waals surface area contributed by atoms with Gasteiger partial charge in [-0.3, -0.25) is 24.1 Å². The summed E-state index contributed by atoms with van der Waals surface area (Å²) in [5.74, 6) is -1.15. The Labute approximate surface area is 162 Å². The summed E-state index contributed by atoms with van der Waals surface area (Å²) < 4.78 is 5.44. The van der Waals surface area contributed by atoms with E-state index in [1.165, 1.54) is 0 Å². The number of hydrogen-bond acceptors (Lipinski definition) is 5. The van der Waals surface area contributed by atoms with Crippen LogP contribution in [0.15, 0.2) is 36.4 Å². The van der Waals surface area contributed by atoms with Crippen LogP contribution in [-0.2, 0) is 11.2 Å². The Kier molecular flexibility index (Phi) is 4.55. The molecule has 0 aromatic heterocycles. The summed E-state index contributed by atoms with van der Waals surface area (Å²) in [4.78, 5) is 50.5. The van der Waals surface area contributed by atoms with Gasteiger partial charge in [0.25, 0.3) is 11.8 Å². The zero-order valence-corrected chi connectivity index (χ0v) is 15.5. The highest BCUT2D eigenvalue weighted by Crippen LogP contribution is 2.32. The fraction of sp³-hybridized carbons (Fsp3) is 0.273. The van der Waals surface area contributed by atoms with E-state index in [9.17, 15) is 19.2 Å². The van der Waals surface area contributed by atoms with Crippen molar-refractivity contribution in [2.45, 2.75) is 32.6 Å². The molecule has 0 bridgehead atoms. The van der Waals surface area contributed by atoms with Crippen molar-refractivity contribution in [3.8, 4) is 5.75 Å². The highest BCUT2D eigenvalue weighted by molar-refractivity contribution is 6.21. The van der Waals surface area contributed by atoms with E-state index in [-0.39, 0.29) is 24.5 Å². The molecule has 2 aliphatic rings. The van der Waals surface area contributed by atoms with Crippen molar-refractivity contribution in [3.05, 3.63) is 64.2 Å². The summed E-state index contributed by atoms with van der Waals surface area (Å²) in [6.45, 7) is 1.87. The van der Waals surface area contributed by atoms with Crippen LogP contribution in [0, 0.1) is 6.92 Å². The minimum Gasteiger partial charge on any atom is -0.426 e. The minimum absolute atomic E-state index is 0.0203. The molecule has 1 heterocycles. The van der Waals surface area contributed by atoms with E-state index in [2.05, 4.69) is 0 Å². The second kappa shape index (κ2) is 7.03. The summed E-state index contributed by atoms with van der Waals surface area (Å²) in [6.07, 6.45) is 1.88. The number of rotatable bonds is 4. The lowest BCUT2D eigenvalue weighted by Gasteiger charge is -2.20. The number of ketones is 1. The number of imide groups is 1. The zero-order valence-electron chi connectivity index (χ0n) is 15.5. The quantitative estimate of drug-likeness (QED) is 0.465. The topological polar surface area (TPSA) is 80.8 Å². The number of amides is 2. The van der Waals surface area contributed by atoms with Crippen molar-refractivity contribution >= 4 is 23.6 Å². The first-order valence-electron chi connectivity index (χ1n) is 9.29. The molecule has 0 saturated heterocycles. The molecule has 2 aromatic carbocycles. The average Bonchev–Trinajstić information content (AvgIpc) is 2.93. The van der Waals surface area contributed by atoms with E-state index in [1.807, 2.05) is 13.0 Å². The summed E-state index contributed by atoms with van der Waals surface area (Å²) in [5.41, 5.74) is 3.12. The van der Waals surface area contributed by atoms with Crippen LogP contribution in [-0.4, -0.2) is 35.0 Å². The lowest BCUT2D eigenvalue weighted by atomic mass is 9.87. The van der Waals surface area contributed by atoms with Crippen molar-refractivity contribution in [1.82, 2.24) is 4.90 Å². The second-order valence-electron chi connectivity index (χ2n) is 7.04. The van der Waals surface area contributed by atoms with Crippen molar-refractivity contribution in [3.63, 3.8) is 0 Å². The molecule has 0 N–H and O–H groups in total. The van der Waals surface area contributed by atoms with Crippen LogP contribution in [0.1, 0.15) is 61.5 Å². The molecular weight excluding hydrogens is 358 g/mol. The lowest BCUT2D eigenvalue weighted by Crippen LogP contribution is -2.32. The predicted octanol–water partition coefficient (Wildman–Crippen LogP) is 3.11. The van der Waals surface area contributed by atoms with E-state index in [1.54, 1.807) is 30.3 Å². The number of aryl methyl sites for hydroxylation is 1. The van der Waals surface area contributed by atoms with Crippen LogP contribution in [0.4, 0.5) is 0 Å². The number of hydrogen-bond donors (Lipinski definition) is 0. The van der Waals surface area contributed by atoms with Crippen LogP contribution in [0.3, 0.4) is 0 Å². The van der Waals surface area contributed by atoms with Crippen LogP contribution in [0.5, 0.6) is 5.75 Å². The average molecular weight is 377 g/mol. The first kappa shape index (κ1) is 18.1. The van der Waals surface area contributed by atoms with Gasteiger partial charge in [-0.1, -0.05) is 18.2 Å². The first-order valence-corrected chi connectivity index (χ1v) is 9.29. The Balaban J connectivity index is 1.46. The van der Waals surface area contributed by atoms with Crippen LogP contribution >= 0.6 is 0 Å². The molecule has 1 aliphatic carbocycles. The minimum atomic E-state index is -0.582. The van der Waals surface area contributed by atoms with Crippen LogP contribution in [0.25, 0.3) is 0 Å². The van der Waals surface area contributed by atoms with Crippen molar-refractivity contribution in [1.29, 1.82) is 0 Å². The van der Waals surface area contributed by atoms with Gasteiger partial charge in [0.15, 0.2) is 5.78 Å². The number of benzene rings is 2. The Hall–Kier alpha value is -3.28. The molecule has 0 fully saturated rings. The van der Waals surface area contributed by atoms with Gasteiger partial charge in [0.2, 0.25) is 0 Å². The molecular formula is C22H19NO5. The lowest BCUT2D eigenvalue weighted by molar-refractivity contribution is -0.134. The summed E-state index contributed by atoms with van der Waals surface area (Å²) in [7, 11) is 0. The third kappa shape index (κ3) is 3.01. The maximum Gasteiger partial charge on any atom is 0.313 e. The van der Waals surface area contributed by atoms with Gasteiger partial charge in [-0.25, -0.2) is 0 Å². The molecule has 142 valence electrons. The Bertz CT molecular complexity index is 989. The highest BCUT2D eigenvalue weighted by Gasteiger charge is 2.35. The summed E-state index contributed by atoms with van der Waals surface area (Å²) in [6, 6.07) is 10.1. The fourth-order valence-electron chi connectivity index (χ4n) is 3.81. The standard InChI is InChI=1S/C22H19NO5/c1-13-9-10-18(20-14(13)7-4-8-17(20)24)28-19(25)11-12-23-21(26)15-5-2-3-6-16(15)22(23)27/h2-3,5-6,9-10H,4,7-8,11-12H2,1H3. The zero-order chi connectivity index (χ0) is 19.8. The molecule has 2 aromatic rings. The predicted molar refractivity (Wildman–Crippen MR) is 101 cm³/mol. The summed E-state index contributed by atoms with van der Waals surface area (Å²) in [5, 5.41) is 0. The molecule has 6 heteroatoms. The monoisotopic (exact) mass is 377 g/mol. The van der Waals surface area contributed by atoms with E-state index in [0.29, 0.717) is 23.1 Å². The van der Waals surface area contributed by atoms with E-state index in [0.717, 1.165) is 28.9 Å². The number of fused-ring (bicyclic) bond motifs is 2. The molecule has 0 spiro atoms. The van der Waals surface area contributed by atoms with Gasteiger partial charge in [-0.15, -0.1) is 0 Å². The third-order valence-electron chi connectivity index (χ3n) is 5.26. The Morgan fingerprint density at radius 3 is 2.36 bits per heavy atom. The maximum atomic E-state index is 12.4. The number of ether oxygens (including phenoxy) is 1. The number of esters is 1. The SMILES string of the molecule is Cc1ccc(OC(=O)CCN2C(=O)c3ccccc3C2=O)c2c1CCCC2=O. The fourth-order valence-corrected chi connectivity index (χ4v) is 3.81. The normalized spacial score (nSPS) is 15.5. The summed E-state index contributed by atoms with van der Waals surface area (Å²) >= 11 is 0. The van der Waals surface area contributed by atoms with Crippen molar-refractivity contribution < 1.29 is 23.9 Å². The van der Waals surface area contributed by atoms with Gasteiger partial charge in [0.1, 0.15) is 5.75 Å².